The molecule has 2 N–H and O–H groups in total. The monoisotopic (exact) mass is 236 g/mol. The van der Waals surface area contributed by atoms with E-state index in [1.807, 2.05) is 18.4 Å². The van der Waals surface area contributed by atoms with Crippen LogP contribution in [0.2, 0.25) is 0 Å². The van der Waals surface area contributed by atoms with Gasteiger partial charge >= 0.3 is 0 Å². The smallest absolute Gasteiger partial charge is 0.0991 e. The zero-order valence-electron chi connectivity index (χ0n) is 9.31. The summed E-state index contributed by atoms with van der Waals surface area (Å²) < 4.78 is 0. The van der Waals surface area contributed by atoms with E-state index in [-0.39, 0.29) is 12.6 Å². The molecule has 1 unspecified atom stereocenters. The van der Waals surface area contributed by atoms with Gasteiger partial charge in [0.15, 0.2) is 0 Å². The number of benzene rings is 1. The van der Waals surface area contributed by atoms with Crippen LogP contribution in [-0.4, -0.2) is 29.8 Å². The second-order valence-electron chi connectivity index (χ2n) is 3.50. The van der Waals surface area contributed by atoms with Gasteiger partial charge in [-0.1, -0.05) is 0 Å². The summed E-state index contributed by atoms with van der Waals surface area (Å²) in [5.74, 6) is 0.959. The molecule has 4 heteroatoms. The van der Waals surface area contributed by atoms with E-state index >= 15 is 0 Å². The molecule has 1 aromatic rings. The number of hydrogen-bond acceptors (Lipinski definition) is 4. The first-order chi connectivity index (χ1) is 7.80. The van der Waals surface area contributed by atoms with Gasteiger partial charge in [-0.05, 0) is 36.9 Å². The van der Waals surface area contributed by atoms with E-state index < -0.39 is 0 Å². The molecule has 1 rings (SSSR count). The van der Waals surface area contributed by atoms with E-state index in [4.69, 9.17) is 10.4 Å². The van der Waals surface area contributed by atoms with Gasteiger partial charge in [-0.2, -0.15) is 17.0 Å². The number of rotatable bonds is 6. The molecule has 0 aromatic heterocycles. The highest BCUT2D eigenvalue weighted by molar-refractivity contribution is 7.98. The van der Waals surface area contributed by atoms with Crippen LogP contribution in [0.25, 0.3) is 0 Å². The lowest BCUT2D eigenvalue weighted by Gasteiger charge is -2.17. The van der Waals surface area contributed by atoms with Gasteiger partial charge in [0.2, 0.25) is 0 Å². The molecular weight excluding hydrogens is 220 g/mol. The van der Waals surface area contributed by atoms with Crippen LogP contribution in [0.4, 0.5) is 5.69 Å². The maximum absolute atomic E-state index is 8.93. The van der Waals surface area contributed by atoms with Gasteiger partial charge in [0, 0.05) is 24.1 Å². The Morgan fingerprint density at radius 3 is 2.62 bits per heavy atom. The van der Waals surface area contributed by atoms with Gasteiger partial charge in [-0.3, -0.25) is 0 Å². The second kappa shape index (κ2) is 7.15. The molecule has 86 valence electrons. The van der Waals surface area contributed by atoms with Gasteiger partial charge in [0.25, 0.3) is 0 Å². The van der Waals surface area contributed by atoms with Crippen LogP contribution in [0.15, 0.2) is 24.3 Å². The maximum atomic E-state index is 8.93. The Kier molecular flexibility index (Phi) is 5.76. The van der Waals surface area contributed by atoms with Gasteiger partial charge in [0.05, 0.1) is 11.6 Å². The third-order valence-electron chi connectivity index (χ3n) is 2.23. The summed E-state index contributed by atoms with van der Waals surface area (Å²) in [6, 6.07) is 9.72. The van der Waals surface area contributed by atoms with Gasteiger partial charge < -0.3 is 10.4 Å². The van der Waals surface area contributed by atoms with Crippen molar-refractivity contribution in [2.45, 2.75) is 12.5 Å². The largest absolute Gasteiger partial charge is 0.396 e. The van der Waals surface area contributed by atoms with E-state index in [1.54, 1.807) is 23.9 Å². The van der Waals surface area contributed by atoms with Crippen molar-refractivity contribution >= 4 is 17.4 Å². The van der Waals surface area contributed by atoms with E-state index in [2.05, 4.69) is 11.4 Å². The molecule has 0 fully saturated rings. The molecule has 1 aromatic carbocycles. The van der Waals surface area contributed by atoms with Crippen molar-refractivity contribution in [2.24, 2.45) is 0 Å². The minimum atomic E-state index is 0.189. The molecule has 16 heavy (non-hydrogen) atoms. The topological polar surface area (TPSA) is 56.0 Å². The molecule has 0 aliphatic heterocycles. The molecule has 3 nitrogen and oxygen atoms in total. The van der Waals surface area contributed by atoms with Crippen molar-refractivity contribution in [1.29, 1.82) is 5.26 Å². The quantitative estimate of drug-likeness (QED) is 0.794. The lowest BCUT2D eigenvalue weighted by molar-refractivity contribution is 0.282. The van der Waals surface area contributed by atoms with E-state index in [0.29, 0.717) is 5.56 Å². The summed E-state index contributed by atoms with van der Waals surface area (Å²) in [6.07, 6.45) is 2.78. The highest BCUT2D eigenvalue weighted by Crippen LogP contribution is 2.13. The third kappa shape index (κ3) is 4.13. The zero-order valence-corrected chi connectivity index (χ0v) is 10.1. The normalized spacial score (nSPS) is 11.8. The Balaban J connectivity index is 2.59. The minimum absolute atomic E-state index is 0.189. The van der Waals surface area contributed by atoms with Crippen LogP contribution < -0.4 is 5.32 Å². The highest BCUT2D eigenvalue weighted by Gasteiger charge is 2.06. The first-order valence-electron chi connectivity index (χ1n) is 5.16. The fourth-order valence-corrected chi connectivity index (χ4v) is 2.08. The molecule has 0 saturated carbocycles. The third-order valence-corrected chi connectivity index (χ3v) is 2.97. The Morgan fingerprint density at radius 1 is 1.44 bits per heavy atom. The first-order valence-corrected chi connectivity index (χ1v) is 6.56. The van der Waals surface area contributed by atoms with Crippen molar-refractivity contribution in [3.05, 3.63) is 29.8 Å². The second-order valence-corrected chi connectivity index (χ2v) is 4.41. The van der Waals surface area contributed by atoms with Gasteiger partial charge in [-0.25, -0.2) is 0 Å². The molecule has 0 aliphatic rings. The number of anilines is 1. The molecule has 0 bridgehead atoms. The molecule has 1 atom stereocenters. The molecule has 0 heterocycles. The summed E-state index contributed by atoms with van der Waals surface area (Å²) in [5, 5.41) is 20.9. The fraction of sp³-hybridized carbons (Fsp3) is 0.417. The number of thioether (sulfide) groups is 1. The Labute approximate surface area is 100 Å². The number of nitrogens with one attached hydrogen (secondary N) is 1. The summed E-state index contributed by atoms with van der Waals surface area (Å²) in [6.45, 7) is 0.189. The fourth-order valence-electron chi connectivity index (χ4n) is 1.43. The van der Waals surface area contributed by atoms with Crippen LogP contribution in [-0.2, 0) is 0 Å². The lowest BCUT2D eigenvalue weighted by Crippen LogP contribution is -2.23. The van der Waals surface area contributed by atoms with Crippen LogP contribution in [0.1, 0.15) is 12.0 Å². The molecule has 0 aliphatic carbocycles. The first kappa shape index (κ1) is 12.9. The van der Waals surface area contributed by atoms with Crippen LogP contribution in [0.5, 0.6) is 0 Å². The van der Waals surface area contributed by atoms with Crippen LogP contribution >= 0.6 is 11.8 Å². The molecule has 0 spiro atoms. The number of nitriles is 1. The number of aliphatic hydroxyl groups excluding tert-OH is 1. The minimum Gasteiger partial charge on any atom is -0.396 e. The van der Waals surface area contributed by atoms with E-state index in [0.717, 1.165) is 17.9 Å². The summed E-state index contributed by atoms with van der Waals surface area (Å²) in [7, 11) is 0. The summed E-state index contributed by atoms with van der Waals surface area (Å²) in [5.41, 5.74) is 1.65. The van der Waals surface area contributed by atoms with E-state index in [1.165, 1.54) is 0 Å². The predicted molar refractivity (Wildman–Crippen MR) is 68.7 cm³/mol. The lowest BCUT2D eigenvalue weighted by atomic mass is 10.2. The van der Waals surface area contributed by atoms with Gasteiger partial charge in [-0.15, -0.1) is 0 Å². The highest BCUT2D eigenvalue weighted by atomic mass is 32.2. The summed E-state index contributed by atoms with van der Waals surface area (Å²) >= 11 is 1.75. The Hall–Kier alpha value is -1.18. The number of nitrogens with zero attached hydrogens (tertiary/aromatic N) is 1. The summed E-state index contributed by atoms with van der Waals surface area (Å²) in [4.78, 5) is 0. The maximum Gasteiger partial charge on any atom is 0.0991 e. The average molecular weight is 236 g/mol. The van der Waals surface area contributed by atoms with Crippen molar-refractivity contribution in [1.82, 2.24) is 0 Å². The van der Waals surface area contributed by atoms with Crippen LogP contribution in [0.3, 0.4) is 0 Å². The standard InChI is InChI=1S/C12H16N2OS/c1-16-9-12(6-7-15)14-11-4-2-10(8-13)3-5-11/h2-5,12,14-15H,6-7,9H2,1H3. The van der Waals surface area contributed by atoms with Crippen molar-refractivity contribution in [3.8, 4) is 6.07 Å². The SMILES string of the molecule is CSCC(CCO)Nc1ccc(C#N)cc1. The molecule has 0 saturated heterocycles. The number of hydrogen-bond donors (Lipinski definition) is 2. The molecule has 0 amide bonds. The van der Waals surface area contributed by atoms with Crippen molar-refractivity contribution in [3.63, 3.8) is 0 Å². The average Bonchev–Trinajstić information content (AvgIpc) is 2.31. The Morgan fingerprint density at radius 2 is 2.12 bits per heavy atom. The van der Waals surface area contributed by atoms with Crippen molar-refractivity contribution in [2.75, 3.05) is 23.9 Å². The molecular formula is C12H16N2OS. The number of aliphatic hydroxyl groups is 1. The predicted octanol–water partition coefficient (Wildman–Crippen LogP) is 2.08. The van der Waals surface area contributed by atoms with Gasteiger partial charge in [0.1, 0.15) is 0 Å². The molecule has 0 radical (unpaired) electrons. The van der Waals surface area contributed by atoms with Crippen LogP contribution in [0, 0.1) is 11.3 Å². The van der Waals surface area contributed by atoms with E-state index in [9.17, 15) is 0 Å². The van der Waals surface area contributed by atoms with Crippen molar-refractivity contribution < 1.29 is 5.11 Å². The Bertz CT molecular complexity index is 339. The zero-order chi connectivity index (χ0) is 11.8.